The van der Waals surface area contributed by atoms with E-state index >= 15 is 0 Å². The van der Waals surface area contributed by atoms with Gasteiger partial charge in [0.15, 0.2) is 5.82 Å². The van der Waals surface area contributed by atoms with Crippen LogP contribution in [0.5, 0.6) is 5.75 Å². The molecule has 1 aromatic carbocycles. The molecule has 1 amide bonds. The number of hydrogen-bond donors (Lipinski definition) is 2. The quantitative estimate of drug-likeness (QED) is 0.905. The van der Waals surface area contributed by atoms with Gasteiger partial charge in [-0.2, -0.15) is 13.9 Å². The number of nitrogens with zero attached hydrogens (tertiary/aromatic N) is 1. The van der Waals surface area contributed by atoms with Crippen LogP contribution < -0.4 is 10.1 Å². The summed E-state index contributed by atoms with van der Waals surface area (Å²) in [4.78, 5) is 12.0. The maximum absolute atomic E-state index is 12.1. The molecule has 2 aromatic rings. The lowest BCUT2D eigenvalue weighted by atomic mass is 10.2. The molecule has 5 nitrogen and oxygen atoms in total. The van der Waals surface area contributed by atoms with Crippen LogP contribution in [0.25, 0.3) is 0 Å². The average Bonchev–Trinajstić information content (AvgIpc) is 2.70. The molecule has 0 spiro atoms. The number of aromatic amines is 1. The van der Waals surface area contributed by atoms with Crippen LogP contribution in [0.1, 0.15) is 21.6 Å². The molecule has 20 heavy (non-hydrogen) atoms. The van der Waals surface area contributed by atoms with Crippen molar-refractivity contribution in [1.82, 2.24) is 10.2 Å². The third-order valence-electron chi connectivity index (χ3n) is 2.81. The molecule has 0 bridgehead atoms. The van der Waals surface area contributed by atoms with E-state index in [0.717, 1.165) is 11.3 Å². The first-order valence-electron chi connectivity index (χ1n) is 5.85. The van der Waals surface area contributed by atoms with Crippen molar-refractivity contribution >= 4 is 11.7 Å². The van der Waals surface area contributed by atoms with Crippen molar-refractivity contribution in [2.24, 2.45) is 0 Å². The molecule has 2 rings (SSSR count). The van der Waals surface area contributed by atoms with E-state index in [1.807, 2.05) is 13.8 Å². The van der Waals surface area contributed by atoms with Crippen LogP contribution in [0, 0.1) is 13.8 Å². The SMILES string of the molecule is Cc1[nH]nc(NC(=O)c2cccc(OC(F)F)c2)c1C. The van der Waals surface area contributed by atoms with E-state index in [2.05, 4.69) is 20.3 Å². The molecule has 0 saturated heterocycles. The van der Waals surface area contributed by atoms with Gasteiger partial charge in [0.1, 0.15) is 5.75 Å². The molecule has 1 heterocycles. The second-order valence-electron chi connectivity index (χ2n) is 4.18. The number of ether oxygens (including phenoxy) is 1. The number of hydrogen-bond acceptors (Lipinski definition) is 3. The zero-order valence-corrected chi connectivity index (χ0v) is 10.9. The number of aryl methyl sites for hydroxylation is 1. The number of aromatic nitrogens is 2. The predicted octanol–water partition coefficient (Wildman–Crippen LogP) is 2.88. The number of carbonyl (C=O) groups is 1. The van der Waals surface area contributed by atoms with Crippen molar-refractivity contribution < 1.29 is 18.3 Å². The van der Waals surface area contributed by atoms with Gasteiger partial charge >= 0.3 is 6.61 Å². The zero-order chi connectivity index (χ0) is 14.7. The molecule has 0 unspecified atom stereocenters. The van der Waals surface area contributed by atoms with Gasteiger partial charge in [0.25, 0.3) is 5.91 Å². The highest BCUT2D eigenvalue weighted by Crippen LogP contribution is 2.18. The zero-order valence-electron chi connectivity index (χ0n) is 10.9. The van der Waals surface area contributed by atoms with Crippen LogP contribution in [-0.2, 0) is 0 Å². The van der Waals surface area contributed by atoms with Crippen LogP contribution in [0.4, 0.5) is 14.6 Å². The van der Waals surface area contributed by atoms with E-state index in [1.54, 1.807) is 0 Å². The normalized spacial score (nSPS) is 10.7. The number of rotatable bonds is 4. The summed E-state index contributed by atoms with van der Waals surface area (Å²) in [7, 11) is 0. The summed E-state index contributed by atoms with van der Waals surface area (Å²) in [6, 6.07) is 5.57. The monoisotopic (exact) mass is 281 g/mol. The summed E-state index contributed by atoms with van der Waals surface area (Å²) in [5.41, 5.74) is 1.87. The third kappa shape index (κ3) is 3.11. The second kappa shape index (κ2) is 5.68. The highest BCUT2D eigenvalue weighted by molar-refractivity contribution is 6.04. The summed E-state index contributed by atoms with van der Waals surface area (Å²) < 4.78 is 28.5. The molecule has 0 fully saturated rings. The topological polar surface area (TPSA) is 67.0 Å². The van der Waals surface area contributed by atoms with Gasteiger partial charge < -0.3 is 10.1 Å². The van der Waals surface area contributed by atoms with Crippen LogP contribution in [0.3, 0.4) is 0 Å². The Labute approximate surface area is 114 Å². The second-order valence-corrected chi connectivity index (χ2v) is 4.18. The Morgan fingerprint density at radius 3 is 2.75 bits per heavy atom. The largest absolute Gasteiger partial charge is 0.435 e. The fraction of sp³-hybridized carbons (Fsp3) is 0.231. The summed E-state index contributed by atoms with van der Waals surface area (Å²) in [5, 5.41) is 9.29. The van der Waals surface area contributed by atoms with Crippen molar-refractivity contribution in [3.8, 4) is 5.75 Å². The van der Waals surface area contributed by atoms with Crippen molar-refractivity contribution in [1.29, 1.82) is 0 Å². The Balaban J connectivity index is 2.15. The number of carbonyl (C=O) groups excluding carboxylic acids is 1. The van der Waals surface area contributed by atoms with E-state index < -0.39 is 12.5 Å². The van der Waals surface area contributed by atoms with Crippen molar-refractivity contribution in [2.75, 3.05) is 5.32 Å². The van der Waals surface area contributed by atoms with Gasteiger partial charge in [-0.05, 0) is 32.0 Å². The number of halogens is 2. The van der Waals surface area contributed by atoms with Crippen LogP contribution in [0.2, 0.25) is 0 Å². The van der Waals surface area contributed by atoms with Gasteiger partial charge in [-0.25, -0.2) is 0 Å². The number of alkyl halides is 2. The lowest BCUT2D eigenvalue weighted by molar-refractivity contribution is -0.0498. The smallest absolute Gasteiger partial charge is 0.387 e. The first kappa shape index (κ1) is 14.0. The van der Waals surface area contributed by atoms with E-state index in [9.17, 15) is 13.6 Å². The van der Waals surface area contributed by atoms with E-state index in [4.69, 9.17) is 0 Å². The Hall–Kier alpha value is -2.44. The van der Waals surface area contributed by atoms with Gasteiger partial charge in [-0.15, -0.1) is 0 Å². The summed E-state index contributed by atoms with van der Waals surface area (Å²) >= 11 is 0. The Bertz CT molecular complexity index is 626. The van der Waals surface area contributed by atoms with Crippen molar-refractivity contribution in [3.05, 3.63) is 41.1 Å². The highest BCUT2D eigenvalue weighted by atomic mass is 19.3. The predicted molar refractivity (Wildman–Crippen MR) is 69.1 cm³/mol. The fourth-order valence-electron chi connectivity index (χ4n) is 1.60. The maximum atomic E-state index is 12.1. The van der Waals surface area contributed by atoms with E-state index in [1.165, 1.54) is 24.3 Å². The number of anilines is 1. The Kier molecular flexibility index (Phi) is 3.97. The maximum Gasteiger partial charge on any atom is 0.387 e. The summed E-state index contributed by atoms with van der Waals surface area (Å²) in [5.74, 6) is -0.102. The lowest BCUT2D eigenvalue weighted by Gasteiger charge is -2.07. The molecule has 0 aliphatic rings. The molecule has 0 atom stereocenters. The number of amides is 1. The molecule has 0 radical (unpaired) electrons. The number of nitrogens with one attached hydrogen (secondary N) is 2. The number of H-pyrrole nitrogens is 1. The molecule has 7 heteroatoms. The van der Waals surface area contributed by atoms with Crippen molar-refractivity contribution in [2.45, 2.75) is 20.5 Å². The van der Waals surface area contributed by atoms with Crippen molar-refractivity contribution in [3.63, 3.8) is 0 Å². The van der Waals surface area contributed by atoms with E-state index in [0.29, 0.717) is 5.82 Å². The molecule has 0 aliphatic heterocycles. The van der Waals surface area contributed by atoms with Gasteiger partial charge in [0.2, 0.25) is 0 Å². The lowest BCUT2D eigenvalue weighted by Crippen LogP contribution is -2.13. The molecule has 106 valence electrons. The first-order chi connectivity index (χ1) is 9.47. The van der Waals surface area contributed by atoms with Crippen LogP contribution in [0.15, 0.2) is 24.3 Å². The minimum atomic E-state index is -2.93. The molecular formula is C13H13F2N3O2. The molecule has 1 aromatic heterocycles. The minimum absolute atomic E-state index is 0.0671. The van der Waals surface area contributed by atoms with Gasteiger partial charge in [-0.1, -0.05) is 6.07 Å². The highest BCUT2D eigenvalue weighted by Gasteiger charge is 2.13. The number of benzene rings is 1. The molecule has 0 aliphatic carbocycles. The van der Waals surface area contributed by atoms with Gasteiger partial charge in [0, 0.05) is 16.8 Å². The molecule has 2 N–H and O–H groups in total. The van der Waals surface area contributed by atoms with Crippen LogP contribution in [-0.4, -0.2) is 22.7 Å². The summed E-state index contributed by atoms with van der Waals surface area (Å²) in [6.07, 6.45) is 0. The Morgan fingerprint density at radius 2 is 2.15 bits per heavy atom. The third-order valence-corrected chi connectivity index (χ3v) is 2.81. The molecule has 0 saturated carbocycles. The van der Waals surface area contributed by atoms with E-state index in [-0.39, 0.29) is 11.3 Å². The first-order valence-corrected chi connectivity index (χ1v) is 5.85. The standard InChI is InChI=1S/C13H13F2N3O2/c1-7-8(2)17-18-11(7)16-12(19)9-4-3-5-10(6-9)20-13(14)15/h3-6,13H,1-2H3,(H2,16,17,18,19). The minimum Gasteiger partial charge on any atom is -0.435 e. The molecular weight excluding hydrogens is 268 g/mol. The fourth-order valence-corrected chi connectivity index (χ4v) is 1.60. The van der Waals surface area contributed by atoms with Gasteiger partial charge in [0.05, 0.1) is 0 Å². The van der Waals surface area contributed by atoms with Gasteiger partial charge in [-0.3, -0.25) is 9.89 Å². The average molecular weight is 281 g/mol. The Morgan fingerprint density at radius 1 is 1.40 bits per heavy atom. The van der Waals surface area contributed by atoms with Crippen LogP contribution >= 0.6 is 0 Å². The summed E-state index contributed by atoms with van der Waals surface area (Å²) in [6.45, 7) is 0.712.